The molecule has 3 N–H and O–H groups in total. The van der Waals surface area contributed by atoms with Crippen LogP contribution in [0.15, 0.2) is 54.6 Å². The van der Waals surface area contributed by atoms with Gasteiger partial charge in [0.15, 0.2) is 11.8 Å². The van der Waals surface area contributed by atoms with E-state index in [1.165, 1.54) is 11.1 Å². The van der Waals surface area contributed by atoms with Gasteiger partial charge in [0.25, 0.3) is 0 Å². The Labute approximate surface area is 365 Å². The van der Waals surface area contributed by atoms with E-state index in [2.05, 4.69) is 10.6 Å². The van der Waals surface area contributed by atoms with E-state index in [9.17, 15) is 33.9 Å². The molecule has 338 valence electrons. The van der Waals surface area contributed by atoms with Gasteiger partial charge in [-0.1, -0.05) is 62.4 Å². The number of nitrogens with zero attached hydrogens (tertiary/aromatic N) is 1. The fourth-order valence-corrected chi connectivity index (χ4v) is 9.64. The lowest BCUT2D eigenvalue weighted by molar-refractivity contribution is -0.217. The number of fused-ring (bicyclic) bond motifs is 5. The molecule has 17 heteroatoms. The summed E-state index contributed by atoms with van der Waals surface area (Å²) in [6, 6.07) is 13.2. The summed E-state index contributed by atoms with van der Waals surface area (Å²) in [5, 5.41) is 17.0. The third-order valence-corrected chi connectivity index (χ3v) is 12.5. The van der Waals surface area contributed by atoms with Crippen LogP contribution in [0.2, 0.25) is 0 Å². The van der Waals surface area contributed by atoms with Crippen LogP contribution in [0.5, 0.6) is 0 Å². The molecule has 63 heavy (non-hydrogen) atoms. The number of hydroxylamine groups is 2. The monoisotopic (exact) mass is 873 g/mol. The zero-order valence-corrected chi connectivity index (χ0v) is 36.1. The molecule has 4 saturated heterocycles. The fourth-order valence-electron chi connectivity index (χ4n) is 9.64. The van der Waals surface area contributed by atoms with Gasteiger partial charge in [0.1, 0.15) is 42.0 Å². The third-order valence-electron chi connectivity index (χ3n) is 12.5. The first-order chi connectivity index (χ1) is 29.9. The third kappa shape index (κ3) is 8.98. The molecule has 6 aliphatic rings. The molecule has 2 amide bonds. The molecule has 2 aromatic rings. The SMILES string of the molecule is CC(C)(C)OC(=O)CC[C@@H](CO)NC(=O)CCNC(=O)[C@@]12C[C@H]3OC(=O)[C@@H]1N(Cc1cccc(C=CC(=O)O[C@H]4C(=O)OCC4(C)C)c1)O[C@@H]2[C@H]1OC2(Cc4ccccc4C2)O[C@H]13. The van der Waals surface area contributed by atoms with Crippen molar-refractivity contribution in [3.63, 3.8) is 0 Å². The van der Waals surface area contributed by atoms with E-state index < -0.39 is 107 Å². The normalized spacial score (nSPS) is 29.1. The van der Waals surface area contributed by atoms with Crippen molar-refractivity contribution in [2.75, 3.05) is 19.8 Å². The van der Waals surface area contributed by atoms with Crippen LogP contribution >= 0.6 is 0 Å². The zero-order chi connectivity index (χ0) is 44.9. The van der Waals surface area contributed by atoms with Crippen molar-refractivity contribution in [2.24, 2.45) is 10.8 Å². The summed E-state index contributed by atoms with van der Waals surface area (Å²) in [6.07, 6.45) is -0.572. The van der Waals surface area contributed by atoms with E-state index >= 15 is 0 Å². The first-order valence-corrected chi connectivity index (χ1v) is 21.5. The average Bonchev–Trinajstić information content (AvgIpc) is 3.96. The van der Waals surface area contributed by atoms with Gasteiger partial charge in [-0.3, -0.25) is 24.0 Å². The van der Waals surface area contributed by atoms with Crippen LogP contribution < -0.4 is 10.6 Å². The van der Waals surface area contributed by atoms with Crippen molar-refractivity contribution in [1.29, 1.82) is 0 Å². The summed E-state index contributed by atoms with van der Waals surface area (Å²) < 4.78 is 35.4. The molecule has 1 spiro atoms. The molecular formula is C46H55N3O14. The molecule has 5 fully saturated rings. The number of cyclic esters (lactones) is 1. The van der Waals surface area contributed by atoms with Gasteiger partial charge in [0.05, 0.1) is 19.2 Å². The van der Waals surface area contributed by atoms with Crippen LogP contribution in [0.25, 0.3) is 6.08 Å². The lowest BCUT2D eigenvalue weighted by atomic mass is 9.62. The highest BCUT2D eigenvalue weighted by atomic mass is 16.8. The number of aliphatic hydroxyl groups excluding tert-OH is 1. The molecule has 8 rings (SSSR count). The smallest absolute Gasteiger partial charge is 0.348 e. The van der Waals surface area contributed by atoms with Gasteiger partial charge in [0.2, 0.25) is 17.9 Å². The number of nitrogens with one attached hydrogen (secondary N) is 2. The fraction of sp³-hybridized carbons (Fsp3) is 0.565. The molecule has 1 saturated carbocycles. The Balaban J connectivity index is 0.987. The first-order valence-electron chi connectivity index (χ1n) is 21.5. The van der Waals surface area contributed by atoms with Crippen LogP contribution in [0.1, 0.15) is 82.6 Å². The number of rotatable bonds is 14. The molecular weight excluding hydrogens is 819 g/mol. The maximum Gasteiger partial charge on any atom is 0.348 e. The van der Waals surface area contributed by atoms with E-state index in [1.54, 1.807) is 58.9 Å². The molecule has 2 bridgehead atoms. The second-order valence-electron chi connectivity index (χ2n) is 19.0. The average molecular weight is 874 g/mol. The standard InChI is InChI=1S/C46H55N3O14/c1-43(2,3)60-34(53)16-14-30(24-50)48-32(51)17-18-47-42(56)46-22-31-35-36(62-45(61-35)20-28-11-6-7-12-29(28)21-45)38(46)63-49(37(46)40(54)58-31)23-27-10-8-9-26(19-27)13-15-33(52)59-39-41(55)57-25-44(39,4)5/h6-13,15,19,30-31,35-39,50H,14,16-18,20-25H2,1-5H3,(H,47,56)(H,48,51)/t30-,31+,35-,36-,37-,38+,39-,46-/m0/s1. The lowest BCUT2D eigenvalue weighted by Gasteiger charge is -2.48. The second-order valence-corrected chi connectivity index (χ2v) is 19.0. The summed E-state index contributed by atoms with van der Waals surface area (Å²) in [5.41, 5.74) is 0.622. The zero-order valence-electron chi connectivity index (χ0n) is 36.1. The number of hydrogen-bond acceptors (Lipinski definition) is 15. The van der Waals surface area contributed by atoms with Gasteiger partial charge in [-0.05, 0) is 55.5 Å². The molecule has 0 radical (unpaired) electrons. The Kier molecular flexibility index (Phi) is 12.0. The van der Waals surface area contributed by atoms with E-state index in [0.717, 1.165) is 11.1 Å². The van der Waals surface area contributed by atoms with Crippen molar-refractivity contribution < 1.29 is 67.1 Å². The number of ether oxygens (including phenoxy) is 6. The predicted molar refractivity (Wildman–Crippen MR) is 219 cm³/mol. The number of esters is 4. The Hall–Kier alpha value is -5.20. The Bertz CT molecular complexity index is 2160. The van der Waals surface area contributed by atoms with Crippen LogP contribution in [-0.2, 0) is 81.4 Å². The van der Waals surface area contributed by atoms with Crippen molar-refractivity contribution in [1.82, 2.24) is 15.7 Å². The highest BCUT2D eigenvalue weighted by Crippen LogP contribution is 2.58. The predicted octanol–water partition coefficient (Wildman–Crippen LogP) is 2.38. The number of hydrogen-bond donors (Lipinski definition) is 3. The quantitative estimate of drug-likeness (QED) is 0.141. The van der Waals surface area contributed by atoms with Gasteiger partial charge in [-0.15, -0.1) is 0 Å². The van der Waals surface area contributed by atoms with Crippen LogP contribution in [-0.4, -0.2) is 120 Å². The molecule has 4 heterocycles. The summed E-state index contributed by atoms with van der Waals surface area (Å²) in [4.78, 5) is 85.8. The molecule has 0 aromatic heterocycles. The molecule has 2 aliphatic carbocycles. The largest absolute Gasteiger partial charge is 0.462 e. The first kappa shape index (κ1) is 44.4. The molecule has 2 aromatic carbocycles. The number of aliphatic hydroxyl groups is 1. The van der Waals surface area contributed by atoms with Crippen LogP contribution in [0, 0.1) is 10.8 Å². The Morgan fingerprint density at radius 3 is 2.40 bits per heavy atom. The molecule has 0 unspecified atom stereocenters. The minimum absolute atomic E-state index is 0.00607. The van der Waals surface area contributed by atoms with Crippen molar-refractivity contribution in [3.8, 4) is 0 Å². The van der Waals surface area contributed by atoms with Gasteiger partial charge in [-0.25, -0.2) is 9.59 Å². The molecule has 17 nitrogen and oxygen atoms in total. The van der Waals surface area contributed by atoms with E-state index in [-0.39, 0.29) is 45.4 Å². The topological polar surface area (TPSA) is 215 Å². The molecule has 8 atom stereocenters. The van der Waals surface area contributed by atoms with Gasteiger partial charge in [-0.2, -0.15) is 5.06 Å². The number of amides is 2. The summed E-state index contributed by atoms with van der Waals surface area (Å²) in [5.74, 6) is -4.44. The summed E-state index contributed by atoms with van der Waals surface area (Å²) in [6.45, 7) is 8.49. The van der Waals surface area contributed by atoms with Crippen LogP contribution in [0.4, 0.5) is 0 Å². The number of benzene rings is 2. The number of carbonyl (C=O) groups is 6. The number of carbonyl (C=O) groups excluding carboxylic acids is 6. The minimum Gasteiger partial charge on any atom is -0.462 e. The Morgan fingerprint density at radius 1 is 0.984 bits per heavy atom. The van der Waals surface area contributed by atoms with Crippen molar-refractivity contribution in [3.05, 3.63) is 76.9 Å². The molecule has 4 aliphatic heterocycles. The van der Waals surface area contributed by atoms with Gasteiger partial charge >= 0.3 is 23.9 Å². The van der Waals surface area contributed by atoms with E-state index in [4.69, 9.17) is 33.3 Å². The van der Waals surface area contributed by atoms with Crippen molar-refractivity contribution >= 4 is 41.8 Å². The summed E-state index contributed by atoms with van der Waals surface area (Å²) >= 11 is 0. The Morgan fingerprint density at radius 2 is 1.71 bits per heavy atom. The van der Waals surface area contributed by atoms with E-state index in [1.807, 2.05) is 30.3 Å². The highest BCUT2D eigenvalue weighted by Gasteiger charge is 2.76. The maximum absolute atomic E-state index is 14.7. The second kappa shape index (κ2) is 17.1. The lowest BCUT2D eigenvalue weighted by Crippen LogP contribution is -2.69. The maximum atomic E-state index is 14.7. The summed E-state index contributed by atoms with van der Waals surface area (Å²) in [7, 11) is 0. The van der Waals surface area contributed by atoms with Crippen LogP contribution in [0.3, 0.4) is 0 Å². The minimum atomic E-state index is -1.50. The highest BCUT2D eigenvalue weighted by molar-refractivity contribution is 5.94. The van der Waals surface area contributed by atoms with E-state index in [0.29, 0.717) is 24.0 Å². The van der Waals surface area contributed by atoms with Crippen molar-refractivity contribution in [2.45, 2.75) is 134 Å². The van der Waals surface area contributed by atoms with Gasteiger partial charge < -0.3 is 44.2 Å². The van der Waals surface area contributed by atoms with Gasteiger partial charge in [0, 0.05) is 50.1 Å².